The SMILES string of the molecule is COP(=O)(OCC(F)(F)F)OC(F)(F)OP(=O)(OC)OCC(F)(F)F. The molecule has 0 aromatic heterocycles. The minimum atomic E-state index is -5.62. The molecule has 25 heavy (non-hydrogen) atoms. The fraction of sp³-hybridized carbons (Fsp3) is 1.00. The summed E-state index contributed by atoms with van der Waals surface area (Å²) in [4.78, 5) is 0. The van der Waals surface area contributed by atoms with Gasteiger partial charge < -0.3 is 0 Å². The van der Waals surface area contributed by atoms with Crippen molar-refractivity contribution in [1.82, 2.24) is 0 Å². The van der Waals surface area contributed by atoms with Crippen molar-refractivity contribution in [2.24, 2.45) is 0 Å². The molecule has 152 valence electrons. The Balaban J connectivity index is 5.07. The monoisotopic (exact) mass is 436 g/mol. The molecule has 0 N–H and O–H groups in total. The van der Waals surface area contributed by atoms with E-state index in [1.165, 1.54) is 0 Å². The van der Waals surface area contributed by atoms with Crippen LogP contribution in [0.1, 0.15) is 0 Å². The van der Waals surface area contributed by atoms with Gasteiger partial charge in [-0.1, -0.05) is 0 Å². The zero-order valence-corrected chi connectivity index (χ0v) is 13.9. The molecule has 0 radical (unpaired) electrons. The van der Waals surface area contributed by atoms with Crippen LogP contribution in [0.2, 0.25) is 0 Å². The summed E-state index contributed by atoms with van der Waals surface area (Å²) in [5.74, 6) is 0. The van der Waals surface area contributed by atoms with Crippen molar-refractivity contribution in [3.8, 4) is 0 Å². The lowest BCUT2D eigenvalue weighted by molar-refractivity contribution is -0.325. The molecular formula is C7H10F8O8P2. The first kappa shape index (κ1) is 24.7. The van der Waals surface area contributed by atoms with E-state index in [1.807, 2.05) is 0 Å². The second kappa shape index (κ2) is 8.57. The van der Waals surface area contributed by atoms with Crippen molar-refractivity contribution >= 4 is 15.6 Å². The Kier molecular flexibility index (Phi) is 8.45. The highest BCUT2D eigenvalue weighted by atomic mass is 31.2. The van der Waals surface area contributed by atoms with E-state index in [0.717, 1.165) is 0 Å². The van der Waals surface area contributed by atoms with Gasteiger partial charge in [0.1, 0.15) is 0 Å². The van der Waals surface area contributed by atoms with Gasteiger partial charge in [0.05, 0.1) is 0 Å². The van der Waals surface area contributed by atoms with Crippen LogP contribution >= 0.6 is 15.6 Å². The van der Waals surface area contributed by atoms with Crippen LogP contribution in [-0.4, -0.2) is 46.1 Å². The zero-order chi connectivity index (χ0) is 20.2. The molecule has 0 heterocycles. The number of hydrogen-bond donors (Lipinski definition) is 0. The third-order valence-corrected chi connectivity index (χ3v) is 4.31. The van der Waals surface area contributed by atoms with Gasteiger partial charge >= 0.3 is 34.3 Å². The second-order valence-electron chi connectivity index (χ2n) is 3.68. The van der Waals surface area contributed by atoms with Crippen molar-refractivity contribution in [2.45, 2.75) is 18.6 Å². The predicted molar refractivity (Wildman–Crippen MR) is 60.4 cm³/mol. The smallest absolute Gasteiger partial charge is 0.290 e. The van der Waals surface area contributed by atoms with Crippen molar-refractivity contribution in [1.29, 1.82) is 0 Å². The summed E-state index contributed by atoms with van der Waals surface area (Å²) in [5.41, 5.74) is 0. The fourth-order valence-corrected chi connectivity index (χ4v) is 2.54. The lowest BCUT2D eigenvalue weighted by atomic mass is 10.7. The number of hydrogen-bond acceptors (Lipinski definition) is 8. The van der Waals surface area contributed by atoms with Crippen LogP contribution in [-0.2, 0) is 36.3 Å². The number of phosphoric ester groups is 2. The first-order valence-corrected chi connectivity index (χ1v) is 8.40. The summed E-state index contributed by atoms with van der Waals surface area (Å²) < 4.78 is 142. The average Bonchev–Trinajstić information content (AvgIpc) is 2.41. The lowest BCUT2D eigenvalue weighted by Gasteiger charge is -2.24. The van der Waals surface area contributed by atoms with Crippen LogP contribution in [0.4, 0.5) is 35.1 Å². The van der Waals surface area contributed by atoms with E-state index in [9.17, 15) is 44.3 Å². The molecule has 0 spiro atoms. The van der Waals surface area contributed by atoms with Gasteiger partial charge in [-0.05, 0) is 0 Å². The van der Waals surface area contributed by atoms with E-state index < -0.39 is 47.5 Å². The molecule has 0 saturated carbocycles. The molecular weight excluding hydrogens is 426 g/mol. The number of alkyl halides is 8. The van der Waals surface area contributed by atoms with Crippen LogP contribution in [0.3, 0.4) is 0 Å². The Morgan fingerprint density at radius 2 is 0.960 bits per heavy atom. The van der Waals surface area contributed by atoms with Gasteiger partial charge in [0, 0.05) is 14.2 Å². The lowest BCUT2D eigenvalue weighted by Crippen LogP contribution is -2.26. The first-order valence-electron chi connectivity index (χ1n) is 5.48. The molecule has 0 rings (SSSR count). The maximum Gasteiger partial charge on any atom is 0.503 e. The number of halogens is 8. The summed E-state index contributed by atoms with van der Waals surface area (Å²) in [7, 11) is -10.5. The molecule has 2 atom stereocenters. The van der Waals surface area contributed by atoms with Gasteiger partial charge in [0.2, 0.25) is 0 Å². The summed E-state index contributed by atoms with van der Waals surface area (Å²) >= 11 is 0. The highest BCUT2D eigenvalue weighted by Gasteiger charge is 2.51. The van der Waals surface area contributed by atoms with Gasteiger partial charge in [-0.15, -0.1) is 8.78 Å². The van der Waals surface area contributed by atoms with Crippen LogP contribution in [0, 0.1) is 0 Å². The number of rotatable bonds is 10. The van der Waals surface area contributed by atoms with Crippen LogP contribution in [0.25, 0.3) is 0 Å². The van der Waals surface area contributed by atoms with Crippen molar-refractivity contribution in [3.05, 3.63) is 0 Å². The molecule has 18 heteroatoms. The minimum Gasteiger partial charge on any atom is -0.290 e. The van der Waals surface area contributed by atoms with Crippen LogP contribution in [0.5, 0.6) is 0 Å². The molecule has 0 amide bonds. The Bertz CT molecular complexity index is 476. The van der Waals surface area contributed by atoms with E-state index in [0.29, 0.717) is 14.2 Å². The Hall–Kier alpha value is -0.340. The zero-order valence-electron chi connectivity index (χ0n) is 12.1. The van der Waals surface area contributed by atoms with Crippen molar-refractivity contribution in [2.75, 3.05) is 27.4 Å². The third-order valence-electron chi connectivity index (χ3n) is 1.66. The third kappa shape index (κ3) is 11.1. The molecule has 0 aliphatic rings. The highest BCUT2D eigenvalue weighted by Crippen LogP contribution is 2.59. The van der Waals surface area contributed by atoms with Crippen LogP contribution in [0.15, 0.2) is 0 Å². The van der Waals surface area contributed by atoms with Gasteiger partial charge in [-0.25, -0.2) is 9.13 Å². The molecule has 0 aliphatic carbocycles. The average molecular weight is 436 g/mol. The second-order valence-corrected chi connectivity index (χ2v) is 7.08. The van der Waals surface area contributed by atoms with E-state index in [1.54, 1.807) is 0 Å². The van der Waals surface area contributed by atoms with Gasteiger partial charge in [0.25, 0.3) is 0 Å². The molecule has 2 unspecified atom stereocenters. The van der Waals surface area contributed by atoms with Crippen LogP contribution < -0.4 is 0 Å². The summed E-state index contributed by atoms with van der Waals surface area (Å²) in [5, 5.41) is 0. The maximum atomic E-state index is 13.4. The maximum absolute atomic E-state index is 13.4. The Morgan fingerprint density at radius 1 is 0.680 bits per heavy atom. The molecule has 0 aromatic carbocycles. The summed E-state index contributed by atoms with van der Waals surface area (Å²) in [6, 6.07) is 0. The normalized spacial score (nSPS) is 18.6. The molecule has 0 saturated heterocycles. The molecule has 0 fully saturated rings. The first-order chi connectivity index (χ1) is 10.9. The molecule has 0 aliphatic heterocycles. The van der Waals surface area contributed by atoms with E-state index in [4.69, 9.17) is 0 Å². The predicted octanol–water partition coefficient (Wildman–Crippen LogP) is 4.24. The fourth-order valence-electron chi connectivity index (χ4n) is 0.814. The molecule has 0 aromatic rings. The van der Waals surface area contributed by atoms with Gasteiger partial charge in [-0.3, -0.25) is 18.1 Å². The molecule has 0 bridgehead atoms. The minimum absolute atomic E-state index is 0.350. The topological polar surface area (TPSA) is 89.5 Å². The van der Waals surface area contributed by atoms with E-state index >= 15 is 0 Å². The van der Waals surface area contributed by atoms with E-state index in [-0.39, 0.29) is 0 Å². The van der Waals surface area contributed by atoms with Gasteiger partial charge in [-0.2, -0.15) is 35.4 Å². The largest absolute Gasteiger partial charge is 0.503 e. The Labute approximate surface area is 134 Å². The van der Waals surface area contributed by atoms with Crippen molar-refractivity contribution in [3.63, 3.8) is 0 Å². The Morgan fingerprint density at radius 3 is 1.16 bits per heavy atom. The quantitative estimate of drug-likeness (QED) is 0.286. The van der Waals surface area contributed by atoms with Gasteiger partial charge in [0.15, 0.2) is 13.2 Å². The summed E-state index contributed by atoms with van der Waals surface area (Å²) in [6.45, 7) is -4.69. The van der Waals surface area contributed by atoms with E-state index in [2.05, 4.69) is 27.1 Å². The molecule has 8 nitrogen and oxygen atoms in total. The number of phosphoric acid groups is 2. The standard InChI is InChI=1S/C7H10F8O8P2/c1-18-24(16,20-3-5(8,9)10)22-7(14,15)23-25(17,19-2)21-4-6(11,12)13/h3-4H2,1-2H3. The van der Waals surface area contributed by atoms with Crippen molar-refractivity contribution < 1.29 is 71.4 Å². The highest BCUT2D eigenvalue weighted by molar-refractivity contribution is 7.49. The summed E-state index contributed by atoms with van der Waals surface area (Å²) in [6.07, 6.45) is -15.6.